The molecule has 1 unspecified atom stereocenters. The highest BCUT2D eigenvalue weighted by molar-refractivity contribution is 7.86. The van der Waals surface area contributed by atoms with Crippen molar-refractivity contribution in [2.24, 2.45) is 5.92 Å². The summed E-state index contributed by atoms with van der Waals surface area (Å²) in [5, 5.41) is 9.76. The number of hydrogen-bond acceptors (Lipinski definition) is 3. The van der Waals surface area contributed by atoms with E-state index in [9.17, 15) is 13.5 Å². The summed E-state index contributed by atoms with van der Waals surface area (Å²) >= 11 is 0. The maximum Gasteiger partial charge on any atom is 0.281 e. The van der Waals surface area contributed by atoms with Crippen LogP contribution in [0.4, 0.5) is 0 Å². The lowest BCUT2D eigenvalue weighted by Gasteiger charge is -2.26. The van der Waals surface area contributed by atoms with Crippen LogP contribution in [-0.4, -0.2) is 55.4 Å². The Morgan fingerprint density at radius 2 is 1.88 bits per heavy atom. The van der Waals surface area contributed by atoms with Gasteiger partial charge in [-0.2, -0.15) is 17.0 Å². The van der Waals surface area contributed by atoms with Crippen LogP contribution in [0.2, 0.25) is 0 Å². The molecule has 1 N–H and O–H groups in total. The Hall–Kier alpha value is -0.170. The molecule has 0 bridgehead atoms. The van der Waals surface area contributed by atoms with Crippen molar-refractivity contribution >= 4 is 10.2 Å². The average Bonchev–Trinajstić information content (AvgIpc) is 3.08. The predicted octanol–water partition coefficient (Wildman–Crippen LogP) is 0.666. The van der Waals surface area contributed by atoms with Crippen molar-refractivity contribution in [3.05, 3.63) is 0 Å². The molecule has 0 heterocycles. The quantitative estimate of drug-likeness (QED) is 0.701. The molecule has 0 aromatic carbocycles. The zero-order valence-electron chi connectivity index (χ0n) is 11.0. The van der Waals surface area contributed by atoms with Gasteiger partial charge in [-0.15, -0.1) is 0 Å². The second-order valence-corrected chi connectivity index (χ2v) is 7.01. The lowest BCUT2D eigenvalue weighted by atomic mass is 10.2. The van der Waals surface area contributed by atoms with Crippen LogP contribution < -0.4 is 0 Å². The van der Waals surface area contributed by atoms with E-state index in [2.05, 4.69) is 0 Å². The summed E-state index contributed by atoms with van der Waals surface area (Å²) in [5.41, 5.74) is 0. The molecule has 1 fully saturated rings. The van der Waals surface area contributed by atoms with Gasteiger partial charge in [0, 0.05) is 27.2 Å². The van der Waals surface area contributed by atoms with Gasteiger partial charge < -0.3 is 5.11 Å². The molecule has 1 aliphatic carbocycles. The van der Waals surface area contributed by atoms with E-state index in [0.717, 1.165) is 25.7 Å². The minimum Gasteiger partial charge on any atom is -0.391 e. The first-order valence-corrected chi connectivity index (χ1v) is 7.65. The second-order valence-electron chi connectivity index (χ2n) is 4.87. The van der Waals surface area contributed by atoms with Crippen molar-refractivity contribution in [3.63, 3.8) is 0 Å². The van der Waals surface area contributed by atoms with Crippen LogP contribution in [0.5, 0.6) is 0 Å². The van der Waals surface area contributed by atoms with Crippen LogP contribution in [0, 0.1) is 5.92 Å². The molecule has 0 aromatic rings. The van der Waals surface area contributed by atoms with Gasteiger partial charge in [-0.1, -0.05) is 13.3 Å². The summed E-state index contributed by atoms with van der Waals surface area (Å²) in [4.78, 5) is 0. The van der Waals surface area contributed by atoms with Gasteiger partial charge in [-0.25, -0.2) is 0 Å². The van der Waals surface area contributed by atoms with Gasteiger partial charge in [0.1, 0.15) is 0 Å². The van der Waals surface area contributed by atoms with Crippen molar-refractivity contribution in [3.8, 4) is 0 Å². The number of rotatable bonds is 8. The molecule has 1 saturated carbocycles. The first-order valence-electron chi connectivity index (χ1n) is 6.25. The normalized spacial score (nSPS) is 18.9. The maximum atomic E-state index is 12.1. The number of likely N-dealkylation sites (N-methyl/N-ethyl adjacent to an activating group) is 1. The van der Waals surface area contributed by atoms with Gasteiger partial charge in [0.05, 0.1) is 6.10 Å². The number of unbranched alkanes of at least 4 members (excludes halogenated alkanes) is 1. The van der Waals surface area contributed by atoms with Crippen LogP contribution in [-0.2, 0) is 10.2 Å². The SMILES string of the molecule is CCCCN(C)S(=O)(=O)N(C)CC(O)C1CC1. The Bertz CT molecular complexity index is 328. The Morgan fingerprint density at radius 3 is 2.35 bits per heavy atom. The van der Waals surface area contributed by atoms with Crippen LogP contribution in [0.15, 0.2) is 0 Å². The Balaban J connectivity index is 2.49. The molecule has 0 amide bonds. The molecule has 0 aromatic heterocycles. The fourth-order valence-electron chi connectivity index (χ4n) is 1.72. The summed E-state index contributed by atoms with van der Waals surface area (Å²) in [6, 6.07) is 0. The van der Waals surface area contributed by atoms with E-state index in [0.29, 0.717) is 12.5 Å². The van der Waals surface area contributed by atoms with Crippen molar-refractivity contribution in [1.82, 2.24) is 8.61 Å². The molecule has 17 heavy (non-hydrogen) atoms. The molecular weight excluding hydrogens is 240 g/mol. The monoisotopic (exact) mass is 264 g/mol. The standard InChI is InChI=1S/C11H24N2O3S/c1-4-5-8-12(2)17(15,16)13(3)9-11(14)10-6-7-10/h10-11,14H,4-9H2,1-3H3. The van der Waals surface area contributed by atoms with E-state index >= 15 is 0 Å². The van der Waals surface area contributed by atoms with Crippen molar-refractivity contribution in [2.75, 3.05) is 27.2 Å². The van der Waals surface area contributed by atoms with Gasteiger partial charge >= 0.3 is 0 Å². The fourth-order valence-corrected chi connectivity index (χ4v) is 2.90. The highest BCUT2D eigenvalue weighted by Gasteiger charge is 2.33. The molecule has 5 nitrogen and oxygen atoms in total. The van der Waals surface area contributed by atoms with E-state index in [4.69, 9.17) is 0 Å². The molecule has 1 rings (SSSR count). The molecule has 6 heteroatoms. The van der Waals surface area contributed by atoms with Crippen LogP contribution >= 0.6 is 0 Å². The van der Waals surface area contributed by atoms with Crippen molar-refractivity contribution in [2.45, 2.75) is 38.7 Å². The van der Waals surface area contributed by atoms with Crippen LogP contribution in [0.25, 0.3) is 0 Å². The molecule has 0 spiro atoms. The number of nitrogens with zero attached hydrogens (tertiary/aromatic N) is 2. The van der Waals surface area contributed by atoms with Gasteiger partial charge in [0.15, 0.2) is 0 Å². The van der Waals surface area contributed by atoms with Crippen LogP contribution in [0.3, 0.4) is 0 Å². The first-order chi connectivity index (χ1) is 7.89. The Kier molecular flexibility index (Phi) is 5.37. The molecule has 1 atom stereocenters. The summed E-state index contributed by atoms with van der Waals surface area (Å²) in [6.07, 6.45) is 3.33. The molecular formula is C11H24N2O3S. The van der Waals surface area contributed by atoms with Gasteiger partial charge in [0.25, 0.3) is 10.2 Å². The summed E-state index contributed by atoms with van der Waals surface area (Å²) < 4.78 is 26.7. The van der Waals surface area contributed by atoms with Crippen molar-refractivity contribution in [1.29, 1.82) is 0 Å². The highest BCUT2D eigenvalue weighted by Crippen LogP contribution is 2.33. The minimum absolute atomic E-state index is 0.198. The van der Waals surface area contributed by atoms with E-state index in [-0.39, 0.29) is 6.54 Å². The molecule has 102 valence electrons. The van der Waals surface area contributed by atoms with E-state index < -0.39 is 16.3 Å². The topological polar surface area (TPSA) is 60.9 Å². The van der Waals surface area contributed by atoms with Crippen LogP contribution in [0.1, 0.15) is 32.6 Å². The van der Waals surface area contributed by atoms with Gasteiger partial charge in [-0.05, 0) is 25.2 Å². The number of hydrogen-bond donors (Lipinski definition) is 1. The van der Waals surface area contributed by atoms with E-state index in [1.165, 1.54) is 15.7 Å². The van der Waals surface area contributed by atoms with Gasteiger partial charge in [-0.3, -0.25) is 0 Å². The Labute approximate surface area is 105 Å². The van der Waals surface area contributed by atoms with E-state index in [1.54, 1.807) is 7.05 Å². The number of aliphatic hydroxyl groups excluding tert-OH is 1. The molecule has 0 aliphatic heterocycles. The average molecular weight is 264 g/mol. The Morgan fingerprint density at radius 1 is 1.29 bits per heavy atom. The van der Waals surface area contributed by atoms with E-state index in [1.807, 2.05) is 6.92 Å². The predicted molar refractivity (Wildman–Crippen MR) is 67.8 cm³/mol. The molecule has 0 saturated heterocycles. The third kappa shape index (κ3) is 4.21. The summed E-state index contributed by atoms with van der Waals surface area (Å²) in [7, 11) is -0.286. The maximum absolute atomic E-state index is 12.1. The smallest absolute Gasteiger partial charge is 0.281 e. The molecule has 1 aliphatic rings. The lowest BCUT2D eigenvalue weighted by Crippen LogP contribution is -2.43. The third-order valence-electron chi connectivity index (χ3n) is 3.22. The zero-order valence-corrected chi connectivity index (χ0v) is 11.8. The molecule has 0 radical (unpaired) electrons. The zero-order chi connectivity index (χ0) is 13.1. The van der Waals surface area contributed by atoms with Crippen molar-refractivity contribution < 1.29 is 13.5 Å². The second kappa shape index (κ2) is 6.13. The fraction of sp³-hybridized carbons (Fsp3) is 1.00. The largest absolute Gasteiger partial charge is 0.391 e. The first kappa shape index (κ1) is 14.9. The summed E-state index contributed by atoms with van der Waals surface area (Å²) in [5.74, 6) is 0.300. The summed E-state index contributed by atoms with van der Waals surface area (Å²) in [6.45, 7) is 2.76. The van der Waals surface area contributed by atoms with Gasteiger partial charge in [0.2, 0.25) is 0 Å². The number of aliphatic hydroxyl groups is 1. The lowest BCUT2D eigenvalue weighted by molar-refractivity contribution is 0.129. The highest BCUT2D eigenvalue weighted by atomic mass is 32.2. The minimum atomic E-state index is -3.41. The third-order valence-corrected chi connectivity index (χ3v) is 5.13.